The molecule has 2 aromatic rings. The van der Waals surface area contributed by atoms with Crippen molar-refractivity contribution in [3.05, 3.63) is 47.3 Å². The zero-order valence-corrected chi connectivity index (χ0v) is 13.2. The van der Waals surface area contributed by atoms with Crippen LogP contribution in [0, 0.1) is 11.8 Å². The number of hydrogen-bond donors (Lipinski definition) is 1. The Hall–Kier alpha value is -2.17. The summed E-state index contributed by atoms with van der Waals surface area (Å²) in [6.07, 6.45) is 4.80. The molecule has 1 saturated heterocycles. The molecule has 2 heterocycles. The van der Waals surface area contributed by atoms with Crippen LogP contribution in [0.1, 0.15) is 29.8 Å². The molecule has 0 bridgehead atoms. The maximum absolute atomic E-state index is 12.6. The van der Waals surface area contributed by atoms with E-state index in [4.69, 9.17) is 0 Å². The Morgan fingerprint density at radius 2 is 1.96 bits per heavy atom. The third kappa shape index (κ3) is 3.00. The summed E-state index contributed by atoms with van der Waals surface area (Å²) < 4.78 is 0. The maximum Gasteiger partial charge on any atom is 0.226 e. The normalized spacial score (nSPS) is 20.9. The Kier molecular flexibility index (Phi) is 3.85. The van der Waals surface area contributed by atoms with Crippen LogP contribution in [-0.4, -0.2) is 39.3 Å². The van der Waals surface area contributed by atoms with Crippen LogP contribution in [0.2, 0.25) is 0 Å². The molecule has 5 nitrogen and oxygen atoms in total. The molecule has 2 aliphatic rings. The van der Waals surface area contributed by atoms with Crippen molar-refractivity contribution in [2.45, 2.75) is 32.1 Å². The van der Waals surface area contributed by atoms with Crippen molar-refractivity contribution in [2.75, 3.05) is 13.1 Å². The van der Waals surface area contributed by atoms with Crippen molar-refractivity contribution in [2.24, 2.45) is 11.8 Å². The van der Waals surface area contributed by atoms with E-state index in [0.29, 0.717) is 11.8 Å². The first-order chi connectivity index (χ1) is 11.3. The van der Waals surface area contributed by atoms with E-state index in [1.165, 1.54) is 12.0 Å². The number of aromatic nitrogens is 3. The number of likely N-dealkylation sites (tertiary alicyclic amines) is 1. The van der Waals surface area contributed by atoms with Gasteiger partial charge in [0, 0.05) is 25.4 Å². The van der Waals surface area contributed by atoms with E-state index < -0.39 is 0 Å². The van der Waals surface area contributed by atoms with E-state index in [1.54, 1.807) is 0 Å². The summed E-state index contributed by atoms with van der Waals surface area (Å²) in [4.78, 5) is 14.6. The Balaban J connectivity index is 1.25. The predicted octanol–water partition coefficient (Wildman–Crippen LogP) is 2.00. The monoisotopic (exact) mass is 310 g/mol. The lowest BCUT2D eigenvalue weighted by atomic mass is 9.86. The molecule has 5 heteroatoms. The van der Waals surface area contributed by atoms with Crippen LogP contribution < -0.4 is 0 Å². The number of benzene rings is 1. The Bertz CT molecular complexity index is 675. The highest BCUT2D eigenvalue weighted by molar-refractivity contribution is 5.80. The van der Waals surface area contributed by atoms with Crippen LogP contribution in [0.3, 0.4) is 0 Å². The zero-order valence-electron chi connectivity index (χ0n) is 13.2. The summed E-state index contributed by atoms with van der Waals surface area (Å²) in [5.41, 5.74) is 3.41. The van der Waals surface area contributed by atoms with Crippen LogP contribution in [-0.2, 0) is 24.1 Å². The lowest BCUT2D eigenvalue weighted by Crippen LogP contribution is -2.52. The maximum atomic E-state index is 12.6. The minimum Gasteiger partial charge on any atom is -0.342 e. The molecule has 1 aromatic carbocycles. The van der Waals surface area contributed by atoms with Crippen molar-refractivity contribution in [1.29, 1.82) is 0 Å². The fraction of sp³-hybridized carbons (Fsp3) is 0.500. The second-order valence-electron chi connectivity index (χ2n) is 6.79. The van der Waals surface area contributed by atoms with E-state index in [-0.39, 0.29) is 5.92 Å². The molecule has 1 N–H and O–H groups in total. The number of fused-ring (bicyclic) bond motifs is 1. The number of carbonyl (C=O) groups excluding carboxylic acids is 1. The molecule has 1 fully saturated rings. The van der Waals surface area contributed by atoms with E-state index in [1.807, 2.05) is 4.90 Å². The number of rotatable bonds is 4. The van der Waals surface area contributed by atoms with Crippen molar-refractivity contribution in [3.63, 3.8) is 0 Å². The largest absolute Gasteiger partial charge is 0.342 e. The number of aryl methyl sites for hydroxylation is 2. The summed E-state index contributed by atoms with van der Waals surface area (Å²) in [6, 6.07) is 10.6. The Morgan fingerprint density at radius 1 is 1.17 bits per heavy atom. The quantitative estimate of drug-likeness (QED) is 0.939. The van der Waals surface area contributed by atoms with Crippen LogP contribution in [0.5, 0.6) is 0 Å². The number of aromatic amines is 1. The number of H-pyrrole nitrogens is 1. The minimum absolute atomic E-state index is 0.0997. The van der Waals surface area contributed by atoms with E-state index >= 15 is 0 Å². The molecule has 120 valence electrons. The summed E-state index contributed by atoms with van der Waals surface area (Å²) >= 11 is 0. The number of hydrogen-bond acceptors (Lipinski definition) is 3. The average molecular weight is 310 g/mol. The van der Waals surface area contributed by atoms with Gasteiger partial charge in [-0.1, -0.05) is 30.3 Å². The van der Waals surface area contributed by atoms with Gasteiger partial charge in [0.2, 0.25) is 5.91 Å². The standard InChI is InChI=1S/C18H22N4O/c23-18(15-8-9-16-17(10-15)20-21-19-16)22-11-14(12-22)7-6-13-4-2-1-3-5-13/h1-5,14-15H,6-12H2,(H,19,20,21). The summed E-state index contributed by atoms with van der Waals surface area (Å²) in [6.45, 7) is 1.85. The first-order valence-electron chi connectivity index (χ1n) is 8.51. The van der Waals surface area contributed by atoms with Gasteiger partial charge in [-0.15, -0.1) is 0 Å². The Morgan fingerprint density at radius 3 is 2.78 bits per heavy atom. The molecular weight excluding hydrogens is 288 g/mol. The molecule has 0 saturated carbocycles. The molecule has 1 aliphatic heterocycles. The second-order valence-corrected chi connectivity index (χ2v) is 6.79. The van der Waals surface area contributed by atoms with Gasteiger partial charge >= 0.3 is 0 Å². The molecule has 1 aliphatic carbocycles. The van der Waals surface area contributed by atoms with Gasteiger partial charge in [-0.3, -0.25) is 4.79 Å². The zero-order chi connectivity index (χ0) is 15.6. The van der Waals surface area contributed by atoms with Crippen LogP contribution in [0.15, 0.2) is 30.3 Å². The molecule has 1 atom stereocenters. The summed E-state index contributed by atoms with van der Waals surface area (Å²) in [5, 5.41) is 11.0. The number of nitrogens with zero attached hydrogens (tertiary/aromatic N) is 3. The highest BCUT2D eigenvalue weighted by Gasteiger charge is 2.36. The van der Waals surface area contributed by atoms with E-state index in [2.05, 4.69) is 45.7 Å². The van der Waals surface area contributed by atoms with Gasteiger partial charge in [0.05, 0.1) is 11.4 Å². The van der Waals surface area contributed by atoms with Gasteiger partial charge in [-0.05, 0) is 37.2 Å². The van der Waals surface area contributed by atoms with Crippen molar-refractivity contribution < 1.29 is 4.79 Å². The Labute approximate surface area is 136 Å². The van der Waals surface area contributed by atoms with Crippen LogP contribution >= 0.6 is 0 Å². The third-order valence-electron chi connectivity index (χ3n) is 5.17. The van der Waals surface area contributed by atoms with E-state index in [0.717, 1.165) is 50.2 Å². The topological polar surface area (TPSA) is 61.9 Å². The molecule has 1 amide bonds. The number of nitrogens with one attached hydrogen (secondary N) is 1. The van der Waals surface area contributed by atoms with Gasteiger partial charge in [0.1, 0.15) is 0 Å². The highest BCUT2D eigenvalue weighted by Crippen LogP contribution is 2.28. The highest BCUT2D eigenvalue weighted by atomic mass is 16.2. The lowest BCUT2D eigenvalue weighted by molar-refractivity contribution is -0.142. The SMILES string of the molecule is O=C(C1CCc2n[nH]nc2C1)N1CC(CCc2ccccc2)C1. The summed E-state index contributed by atoms with van der Waals surface area (Å²) in [7, 11) is 0. The summed E-state index contributed by atoms with van der Waals surface area (Å²) in [5.74, 6) is 1.07. The average Bonchev–Trinajstić information content (AvgIpc) is 3.01. The van der Waals surface area contributed by atoms with Gasteiger partial charge in [-0.25, -0.2) is 0 Å². The first-order valence-corrected chi connectivity index (χ1v) is 8.51. The molecule has 4 rings (SSSR count). The molecule has 23 heavy (non-hydrogen) atoms. The first kappa shape index (κ1) is 14.4. The van der Waals surface area contributed by atoms with Gasteiger partial charge in [-0.2, -0.15) is 15.4 Å². The smallest absolute Gasteiger partial charge is 0.226 e. The lowest BCUT2D eigenvalue weighted by Gasteiger charge is -2.41. The van der Waals surface area contributed by atoms with Crippen LogP contribution in [0.25, 0.3) is 0 Å². The minimum atomic E-state index is 0.0997. The van der Waals surface area contributed by atoms with Crippen LogP contribution in [0.4, 0.5) is 0 Å². The molecule has 0 radical (unpaired) electrons. The van der Waals surface area contributed by atoms with Crippen molar-refractivity contribution >= 4 is 5.91 Å². The fourth-order valence-electron chi connectivity index (χ4n) is 3.70. The van der Waals surface area contributed by atoms with Crippen molar-refractivity contribution in [3.8, 4) is 0 Å². The predicted molar refractivity (Wildman–Crippen MR) is 86.7 cm³/mol. The number of amides is 1. The van der Waals surface area contributed by atoms with Crippen molar-refractivity contribution in [1.82, 2.24) is 20.3 Å². The molecular formula is C18H22N4O. The molecule has 1 aromatic heterocycles. The third-order valence-corrected chi connectivity index (χ3v) is 5.17. The van der Waals surface area contributed by atoms with E-state index in [9.17, 15) is 4.79 Å². The number of carbonyl (C=O) groups is 1. The second kappa shape index (κ2) is 6.14. The molecule has 1 unspecified atom stereocenters. The van der Waals surface area contributed by atoms with Gasteiger partial charge < -0.3 is 4.90 Å². The van der Waals surface area contributed by atoms with Gasteiger partial charge in [0.25, 0.3) is 0 Å². The molecule has 0 spiro atoms. The fourth-order valence-corrected chi connectivity index (χ4v) is 3.70. The van der Waals surface area contributed by atoms with Gasteiger partial charge in [0.15, 0.2) is 0 Å².